The standard InChI is InChI=1S/C14H20N2O3/c1-2-3-13(17)16-8-6-10(7-9-16)11-4-5-12(19-11)14(15)18/h10-12H,4-9H2,1H3,(H2,15,18)/t11-,12+/m0/s1. The Morgan fingerprint density at radius 1 is 1.21 bits per heavy atom. The second kappa shape index (κ2) is 6.07. The molecule has 2 heterocycles. The Hall–Kier alpha value is -1.54. The summed E-state index contributed by atoms with van der Waals surface area (Å²) in [6.45, 7) is 3.11. The van der Waals surface area contributed by atoms with E-state index in [9.17, 15) is 9.59 Å². The molecule has 2 fully saturated rings. The molecule has 0 spiro atoms. The number of hydrogen-bond acceptors (Lipinski definition) is 3. The van der Waals surface area contributed by atoms with Crippen LogP contribution in [0.2, 0.25) is 0 Å². The summed E-state index contributed by atoms with van der Waals surface area (Å²) < 4.78 is 5.70. The van der Waals surface area contributed by atoms with Crippen molar-refractivity contribution >= 4 is 11.8 Å². The van der Waals surface area contributed by atoms with E-state index >= 15 is 0 Å². The van der Waals surface area contributed by atoms with Gasteiger partial charge in [0.2, 0.25) is 5.91 Å². The van der Waals surface area contributed by atoms with Crippen molar-refractivity contribution in [1.29, 1.82) is 0 Å². The Morgan fingerprint density at radius 3 is 2.42 bits per heavy atom. The maximum absolute atomic E-state index is 11.6. The summed E-state index contributed by atoms with van der Waals surface area (Å²) in [5.41, 5.74) is 5.25. The molecular formula is C14H20N2O3. The van der Waals surface area contributed by atoms with Crippen LogP contribution < -0.4 is 5.73 Å². The van der Waals surface area contributed by atoms with Crippen molar-refractivity contribution in [1.82, 2.24) is 4.90 Å². The zero-order valence-electron chi connectivity index (χ0n) is 11.2. The molecular weight excluding hydrogens is 244 g/mol. The highest BCUT2D eigenvalue weighted by molar-refractivity contribution is 5.93. The Kier molecular flexibility index (Phi) is 4.43. The third kappa shape index (κ3) is 3.27. The monoisotopic (exact) mass is 264 g/mol. The number of hydrogen-bond donors (Lipinski definition) is 1. The van der Waals surface area contributed by atoms with Crippen LogP contribution in [0.1, 0.15) is 32.6 Å². The normalized spacial score (nSPS) is 27.7. The summed E-state index contributed by atoms with van der Waals surface area (Å²) in [6.07, 6.45) is 3.13. The lowest BCUT2D eigenvalue weighted by Gasteiger charge is -2.33. The van der Waals surface area contributed by atoms with E-state index in [1.165, 1.54) is 0 Å². The summed E-state index contributed by atoms with van der Waals surface area (Å²) in [5, 5.41) is 0. The van der Waals surface area contributed by atoms with Gasteiger partial charge in [-0.15, -0.1) is 0 Å². The molecule has 0 aromatic carbocycles. The first-order chi connectivity index (χ1) is 9.11. The van der Waals surface area contributed by atoms with Crippen LogP contribution in [0.5, 0.6) is 0 Å². The minimum absolute atomic E-state index is 0.0942. The topological polar surface area (TPSA) is 72.6 Å². The number of primary amides is 1. The smallest absolute Gasteiger partial charge is 0.298 e. The van der Waals surface area contributed by atoms with E-state index in [0.717, 1.165) is 38.8 Å². The van der Waals surface area contributed by atoms with Crippen LogP contribution in [0.4, 0.5) is 0 Å². The average molecular weight is 264 g/mol. The maximum Gasteiger partial charge on any atom is 0.298 e. The Balaban J connectivity index is 1.82. The molecule has 0 aliphatic carbocycles. The van der Waals surface area contributed by atoms with Gasteiger partial charge in [0.1, 0.15) is 6.10 Å². The van der Waals surface area contributed by atoms with Crippen molar-refractivity contribution in [3.63, 3.8) is 0 Å². The Labute approximate surface area is 113 Å². The largest absolute Gasteiger partial charge is 0.367 e. The molecule has 2 amide bonds. The quantitative estimate of drug-likeness (QED) is 0.728. The van der Waals surface area contributed by atoms with E-state index in [1.54, 1.807) is 11.8 Å². The first-order valence-corrected chi connectivity index (χ1v) is 6.78. The molecule has 0 aromatic rings. The highest BCUT2D eigenvalue weighted by atomic mass is 16.5. The van der Waals surface area contributed by atoms with Gasteiger partial charge in [0, 0.05) is 13.1 Å². The molecule has 2 aliphatic heterocycles. The summed E-state index contributed by atoms with van der Waals surface area (Å²) in [6, 6.07) is 0. The minimum atomic E-state index is -0.421. The number of carbonyl (C=O) groups excluding carboxylic acids is 2. The van der Waals surface area contributed by atoms with Crippen molar-refractivity contribution in [2.75, 3.05) is 13.1 Å². The number of piperidine rings is 1. The van der Waals surface area contributed by atoms with Gasteiger partial charge in [-0.05, 0) is 44.4 Å². The summed E-state index contributed by atoms with van der Waals surface area (Å²) in [7, 11) is 0. The lowest BCUT2D eigenvalue weighted by atomic mass is 9.89. The number of rotatable bonds is 2. The van der Waals surface area contributed by atoms with E-state index in [1.807, 2.05) is 0 Å². The molecule has 2 saturated heterocycles. The zero-order valence-corrected chi connectivity index (χ0v) is 11.2. The van der Waals surface area contributed by atoms with Gasteiger partial charge in [0.25, 0.3) is 5.91 Å². The predicted molar refractivity (Wildman–Crippen MR) is 69.8 cm³/mol. The molecule has 0 aromatic heterocycles. The first-order valence-electron chi connectivity index (χ1n) is 6.78. The molecule has 0 bridgehead atoms. The zero-order chi connectivity index (χ0) is 13.8. The van der Waals surface area contributed by atoms with Crippen LogP contribution >= 0.6 is 0 Å². The van der Waals surface area contributed by atoms with Crippen molar-refractivity contribution in [2.45, 2.75) is 44.8 Å². The summed E-state index contributed by atoms with van der Waals surface area (Å²) in [4.78, 5) is 24.5. The number of carbonyl (C=O) groups is 2. The fourth-order valence-corrected chi connectivity index (χ4v) is 2.88. The third-order valence-electron chi connectivity index (χ3n) is 3.95. The molecule has 2 N–H and O–H groups in total. The summed E-state index contributed by atoms with van der Waals surface area (Å²) >= 11 is 0. The fraction of sp³-hybridized carbons (Fsp3) is 0.714. The van der Waals surface area contributed by atoms with Crippen LogP contribution in [0.15, 0.2) is 0 Å². The number of ether oxygens (including phenoxy) is 1. The summed E-state index contributed by atoms with van der Waals surface area (Å²) in [5.74, 6) is 5.16. The lowest BCUT2D eigenvalue weighted by molar-refractivity contribution is -0.131. The van der Waals surface area contributed by atoms with E-state index in [0.29, 0.717) is 5.92 Å². The van der Waals surface area contributed by atoms with Gasteiger partial charge in [0.15, 0.2) is 0 Å². The molecule has 5 nitrogen and oxygen atoms in total. The average Bonchev–Trinajstić information content (AvgIpc) is 2.89. The number of nitrogens with zero attached hydrogens (tertiary/aromatic N) is 1. The Bertz CT molecular complexity index is 416. The molecule has 0 radical (unpaired) electrons. The van der Waals surface area contributed by atoms with Gasteiger partial charge in [-0.2, -0.15) is 0 Å². The Morgan fingerprint density at radius 2 is 1.89 bits per heavy atom. The molecule has 0 saturated carbocycles. The van der Waals surface area contributed by atoms with Crippen LogP contribution in [0, 0.1) is 17.8 Å². The van der Waals surface area contributed by atoms with E-state index < -0.39 is 6.10 Å². The van der Waals surface area contributed by atoms with Crippen LogP contribution in [0.25, 0.3) is 0 Å². The van der Waals surface area contributed by atoms with E-state index in [4.69, 9.17) is 10.5 Å². The van der Waals surface area contributed by atoms with Gasteiger partial charge in [-0.1, -0.05) is 5.92 Å². The van der Waals surface area contributed by atoms with E-state index in [2.05, 4.69) is 11.8 Å². The van der Waals surface area contributed by atoms with Crippen molar-refractivity contribution in [3.8, 4) is 11.8 Å². The second-order valence-electron chi connectivity index (χ2n) is 5.15. The molecule has 2 aliphatic rings. The van der Waals surface area contributed by atoms with Crippen molar-refractivity contribution in [3.05, 3.63) is 0 Å². The predicted octanol–water partition coefficient (Wildman–Crippen LogP) is 0.281. The van der Waals surface area contributed by atoms with Crippen LogP contribution in [-0.4, -0.2) is 42.0 Å². The third-order valence-corrected chi connectivity index (χ3v) is 3.95. The second-order valence-corrected chi connectivity index (χ2v) is 5.15. The molecule has 19 heavy (non-hydrogen) atoms. The number of amides is 2. The SMILES string of the molecule is CC#CC(=O)N1CCC([C@@H]2CC[C@H](C(N)=O)O2)CC1. The molecule has 2 rings (SSSR count). The molecule has 2 atom stereocenters. The van der Waals surface area contributed by atoms with Gasteiger partial charge in [0.05, 0.1) is 6.10 Å². The number of likely N-dealkylation sites (tertiary alicyclic amines) is 1. The van der Waals surface area contributed by atoms with Gasteiger partial charge < -0.3 is 15.4 Å². The van der Waals surface area contributed by atoms with Crippen molar-refractivity contribution in [2.24, 2.45) is 11.7 Å². The van der Waals surface area contributed by atoms with Crippen LogP contribution in [-0.2, 0) is 14.3 Å². The highest BCUT2D eigenvalue weighted by Gasteiger charge is 2.36. The number of nitrogens with two attached hydrogens (primary N) is 1. The highest BCUT2D eigenvalue weighted by Crippen LogP contribution is 2.31. The van der Waals surface area contributed by atoms with Crippen LogP contribution in [0.3, 0.4) is 0 Å². The molecule has 5 heteroatoms. The van der Waals surface area contributed by atoms with Gasteiger partial charge in [-0.25, -0.2) is 0 Å². The van der Waals surface area contributed by atoms with Gasteiger partial charge >= 0.3 is 0 Å². The van der Waals surface area contributed by atoms with E-state index in [-0.39, 0.29) is 17.9 Å². The first kappa shape index (κ1) is 13.9. The fourth-order valence-electron chi connectivity index (χ4n) is 2.88. The maximum atomic E-state index is 11.6. The minimum Gasteiger partial charge on any atom is -0.367 e. The van der Waals surface area contributed by atoms with Gasteiger partial charge in [-0.3, -0.25) is 9.59 Å². The molecule has 104 valence electrons. The lowest BCUT2D eigenvalue weighted by Crippen LogP contribution is -2.41. The van der Waals surface area contributed by atoms with Crippen molar-refractivity contribution < 1.29 is 14.3 Å². The molecule has 0 unspecified atom stereocenters.